The topological polar surface area (TPSA) is 182 Å². The van der Waals surface area contributed by atoms with Crippen molar-refractivity contribution in [3.63, 3.8) is 0 Å². The van der Waals surface area contributed by atoms with Crippen LogP contribution in [0.4, 0.5) is 11.4 Å². The summed E-state index contributed by atoms with van der Waals surface area (Å²) in [5, 5.41) is 24.7. The van der Waals surface area contributed by atoms with Gasteiger partial charge in [0.25, 0.3) is 11.8 Å². The van der Waals surface area contributed by atoms with Crippen LogP contribution in [0.25, 0.3) is 0 Å². The number of amides is 2. The van der Waals surface area contributed by atoms with Gasteiger partial charge in [0, 0.05) is 43.8 Å². The van der Waals surface area contributed by atoms with E-state index in [0.29, 0.717) is 12.8 Å². The molecular weight excluding hydrogens is 821 g/mol. The molecule has 4 rings (SSSR count). The molecule has 2 aromatic carbocycles. The molecule has 2 aliphatic rings. The van der Waals surface area contributed by atoms with Gasteiger partial charge in [0.1, 0.15) is 11.5 Å². The monoisotopic (exact) mass is 884 g/mol. The van der Waals surface area contributed by atoms with Gasteiger partial charge in [0.15, 0.2) is 18.1 Å². The Hall–Kier alpha value is -4.79. The lowest BCUT2D eigenvalue weighted by Crippen LogP contribution is -2.50. The molecule has 2 aromatic rings. The van der Waals surface area contributed by atoms with Gasteiger partial charge in [-0.2, -0.15) is 0 Å². The number of nitro groups is 2. The summed E-state index contributed by atoms with van der Waals surface area (Å²) in [6.07, 6.45) is 0.679. The van der Waals surface area contributed by atoms with Crippen molar-refractivity contribution in [1.29, 1.82) is 0 Å². The molecular formula is C43H64N4O12Si2. The summed E-state index contributed by atoms with van der Waals surface area (Å²) in [6, 6.07) is 4.32. The number of methoxy groups -OCH3 is 2. The van der Waals surface area contributed by atoms with E-state index in [9.17, 15) is 29.8 Å². The summed E-state index contributed by atoms with van der Waals surface area (Å²) in [5.41, 5.74) is 0.264. The summed E-state index contributed by atoms with van der Waals surface area (Å²) in [7, 11) is -0.292. The first-order chi connectivity index (χ1) is 28.4. The lowest BCUT2D eigenvalue weighted by molar-refractivity contribution is -0.385. The number of nitro benzene ring substituents is 2. The first-order valence-corrected chi connectivity index (χ1v) is 26.2. The Bertz CT molecular complexity index is 1850. The number of ether oxygens (including phenoxy) is 4. The minimum absolute atomic E-state index is 0.00646. The van der Waals surface area contributed by atoms with Gasteiger partial charge < -0.3 is 37.6 Å². The second-order valence-electron chi connectivity index (χ2n) is 18.5. The summed E-state index contributed by atoms with van der Waals surface area (Å²) >= 11 is 0. The molecule has 61 heavy (non-hydrogen) atoms. The summed E-state index contributed by atoms with van der Waals surface area (Å²) in [6.45, 7) is 29.3. The molecule has 0 aromatic heterocycles. The fourth-order valence-corrected chi connectivity index (χ4v) is 10.3. The molecule has 2 heterocycles. The van der Waals surface area contributed by atoms with Crippen molar-refractivity contribution in [2.24, 2.45) is 10.8 Å². The Morgan fingerprint density at radius 3 is 1.31 bits per heavy atom. The van der Waals surface area contributed by atoms with Crippen molar-refractivity contribution >= 4 is 41.3 Å². The van der Waals surface area contributed by atoms with Gasteiger partial charge in [-0.15, -0.1) is 0 Å². The average molecular weight is 885 g/mol. The van der Waals surface area contributed by atoms with Crippen molar-refractivity contribution in [3.8, 4) is 23.0 Å². The third-order valence-corrected chi connectivity index (χ3v) is 12.2. The van der Waals surface area contributed by atoms with Crippen LogP contribution >= 0.6 is 0 Å². The molecule has 0 bridgehead atoms. The molecule has 3 unspecified atom stereocenters. The quantitative estimate of drug-likeness (QED) is 0.0468. The first-order valence-electron chi connectivity index (χ1n) is 20.6. The van der Waals surface area contributed by atoms with E-state index in [1.807, 2.05) is 0 Å². The Balaban J connectivity index is 1.52. The maximum absolute atomic E-state index is 14.2. The van der Waals surface area contributed by atoms with Gasteiger partial charge in [0.05, 0.1) is 72.7 Å². The van der Waals surface area contributed by atoms with Crippen molar-refractivity contribution in [1.82, 2.24) is 9.80 Å². The molecule has 0 radical (unpaired) electrons. The number of carbonyl (C=O) groups excluding carboxylic acids is 2. The molecule has 0 saturated carbocycles. The second-order valence-corrected chi connectivity index (χ2v) is 23.2. The number of hydrogen-bond acceptors (Lipinski definition) is 12. The van der Waals surface area contributed by atoms with E-state index < -0.39 is 51.1 Å². The van der Waals surface area contributed by atoms with Crippen LogP contribution in [0.1, 0.15) is 81.5 Å². The van der Waals surface area contributed by atoms with E-state index in [4.69, 9.17) is 27.8 Å². The third-order valence-electron chi connectivity index (χ3n) is 10.6. The summed E-state index contributed by atoms with van der Waals surface area (Å²) in [4.78, 5) is 55.1. The number of carbonyl (C=O) groups is 2. The normalized spacial score (nSPS) is 18.1. The van der Waals surface area contributed by atoms with E-state index in [-0.39, 0.29) is 102 Å². The predicted octanol–water partition coefficient (Wildman–Crippen LogP) is 7.74. The van der Waals surface area contributed by atoms with Crippen molar-refractivity contribution < 1.29 is 47.2 Å². The van der Waals surface area contributed by atoms with Gasteiger partial charge in [-0.1, -0.05) is 65.8 Å². The van der Waals surface area contributed by atoms with Crippen molar-refractivity contribution in [2.45, 2.75) is 111 Å². The number of rotatable bonds is 18. The highest BCUT2D eigenvalue weighted by molar-refractivity contribution is 6.48. The van der Waals surface area contributed by atoms with Crippen LogP contribution in [0.15, 0.2) is 48.6 Å². The molecule has 2 amide bonds. The van der Waals surface area contributed by atoms with E-state index in [2.05, 4.69) is 80.9 Å². The summed E-state index contributed by atoms with van der Waals surface area (Å²) in [5.74, 6) is -0.966. The van der Waals surface area contributed by atoms with Crippen LogP contribution in [-0.4, -0.2) is 114 Å². The SMILES string of the molecule is C=C1CC(C(O[SiH](C)C)C(C)(C)C)N(C(=O)c2cc([N+](=O)[O-])c(OCCCOc3cc(OC)c(C(=O)N4CC(=C)C[C@H]4C(O[SiH](C)C)C(C)(C)C)cc3[N+](=O)[O-])cc2OC)C1. The van der Waals surface area contributed by atoms with E-state index in [0.717, 1.165) is 23.3 Å². The fourth-order valence-electron chi connectivity index (χ4n) is 7.99. The zero-order valence-electron chi connectivity index (χ0n) is 37.8. The van der Waals surface area contributed by atoms with Gasteiger partial charge in [-0.25, -0.2) is 0 Å². The minimum atomic E-state index is -1.51. The van der Waals surface area contributed by atoms with Gasteiger partial charge in [0.2, 0.25) is 11.5 Å². The maximum Gasteiger partial charge on any atom is 0.312 e. The highest BCUT2D eigenvalue weighted by atomic mass is 28.3. The molecule has 18 heteroatoms. The Morgan fingerprint density at radius 1 is 0.689 bits per heavy atom. The van der Waals surface area contributed by atoms with Crippen LogP contribution in [0, 0.1) is 31.1 Å². The second kappa shape index (κ2) is 19.9. The van der Waals surface area contributed by atoms with E-state index in [1.54, 1.807) is 9.80 Å². The highest BCUT2D eigenvalue weighted by Crippen LogP contribution is 2.42. The molecule has 2 aliphatic heterocycles. The van der Waals surface area contributed by atoms with Crippen molar-refractivity contribution in [3.05, 3.63) is 79.9 Å². The zero-order valence-corrected chi connectivity index (χ0v) is 40.1. The van der Waals surface area contributed by atoms with Gasteiger partial charge >= 0.3 is 11.4 Å². The minimum Gasteiger partial charge on any atom is -0.496 e. The van der Waals surface area contributed by atoms with Gasteiger partial charge in [-0.05, 0) is 49.9 Å². The lowest BCUT2D eigenvalue weighted by Gasteiger charge is -2.40. The van der Waals surface area contributed by atoms with E-state index >= 15 is 0 Å². The molecule has 4 atom stereocenters. The predicted molar refractivity (Wildman–Crippen MR) is 238 cm³/mol. The summed E-state index contributed by atoms with van der Waals surface area (Å²) < 4.78 is 35.8. The molecule has 336 valence electrons. The number of nitrogens with zero attached hydrogens (tertiary/aromatic N) is 4. The fraction of sp³-hybridized carbons (Fsp3) is 0.581. The Labute approximate surface area is 362 Å². The lowest BCUT2D eigenvalue weighted by atomic mass is 9.83. The van der Waals surface area contributed by atoms with Crippen LogP contribution in [-0.2, 0) is 8.85 Å². The van der Waals surface area contributed by atoms with E-state index in [1.165, 1.54) is 26.4 Å². The Morgan fingerprint density at radius 2 is 1.03 bits per heavy atom. The smallest absolute Gasteiger partial charge is 0.312 e. The molecule has 0 spiro atoms. The van der Waals surface area contributed by atoms with Crippen molar-refractivity contribution in [2.75, 3.05) is 40.5 Å². The molecule has 0 N–H and O–H groups in total. The number of hydrogen-bond donors (Lipinski definition) is 0. The number of benzene rings is 2. The standard InChI is InChI=1S/C43H64N4O12Si2/c1-26-18-32(38(42(3,4)5)58-60(11)12)44(24-26)40(48)28-20-30(46(50)51)36(22-34(28)54-9)56-16-15-17-57-37-23-35(55-10)29(21-31(37)47(52)53)41(49)45-25-27(2)19-33(45)39(43(6,7)8)59-61(13)14/h20-23,32-33,38-39,60-61H,1-2,15-19,24-25H2,3-14H3/t32-,33?,38?,39?/m0/s1. The van der Waals surface area contributed by atoms with Crippen LogP contribution < -0.4 is 18.9 Å². The Kier molecular flexibility index (Phi) is 16.0. The third kappa shape index (κ3) is 11.8. The highest BCUT2D eigenvalue weighted by Gasteiger charge is 2.45. The van der Waals surface area contributed by atoms with Crippen LogP contribution in [0.3, 0.4) is 0 Å². The van der Waals surface area contributed by atoms with Crippen LogP contribution in [0.5, 0.6) is 23.0 Å². The maximum atomic E-state index is 14.2. The van der Waals surface area contributed by atoms with Gasteiger partial charge in [-0.3, -0.25) is 29.8 Å². The number of likely N-dealkylation sites (tertiary alicyclic amines) is 2. The largest absolute Gasteiger partial charge is 0.496 e. The zero-order chi connectivity index (χ0) is 45.7. The molecule has 2 saturated heterocycles. The molecule has 2 fully saturated rings. The molecule has 0 aliphatic carbocycles. The molecule has 16 nitrogen and oxygen atoms in total. The first kappa shape index (κ1) is 48.9. The van der Waals surface area contributed by atoms with Crippen LogP contribution in [0.2, 0.25) is 26.2 Å². The average Bonchev–Trinajstić information content (AvgIpc) is 3.74.